The van der Waals surface area contributed by atoms with E-state index in [0.29, 0.717) is 0 Å². The van der Waals surface area contributed by atoms with Gasteiger partial charge in [0.15, 0.2) is 0 Å². The van der Waals surface area contributed by atoms with Gasteiger partial charge in [0.25, 0.3) is 0 Å². The molecule has 0 fully saturated rings. The molecule has 184 valence electrons. The van der Waals surface area contributed by atoms with Crippen LogP contribution < -0.4 is 10.2 Å². The lowest BCUT2D eigenvalue weighted by molar-refractivity contribution is 0.908. The maximum absolute atomic E-state index is 3.58. The van der Waals surface area contributed by atoms with Gasteiger partial charge in [-0.1, -0.05) is 115 Å². The number of anilines is 2. The highest BCUT2D eigenvalue weighted by molar-refractivity contribution is 6.21. The van der Waals surface area contributed by atoms with Crippen LogP contribution >= 0.6 is 0 Å². The fourth-order valence-electron chi connectivity index (χ4n) is 6.24. The van der Waals surface area contributed by atoms with Crippen molar-refractivity contribution < 1.29 is 0 Å². The van der Waals surface area contributed by atoms with Gasteiger partial charge in [-0.05, 0) is 79.2 Å². The summed E-state index contributed by atoms with van der Waals surface area (Å²) in [4.78, 5) is 2.29. The zero-order valence-electron chi connectivity index (χ0n) is 21.4. The topological polar surface area (TPSA) is 15.3 Å². The number of rotatable bonds is 3. The molecule has 2 aliphatic heterocycles. The van der Waals surface area contributed by atoms with Crippen molar-refractivity contribution in [2.45, 2.75) is 6.17 Å². The molecule has 0 amide bonds. The molecule has 0 saturated carbocycles. The Bertz CT molecular complexity index is 1870. The van der Waals surface area contributed by atoms with Gasteiger partial charge in [0.05, 0.1) is 11.4 Å². The van der Waals surface area contributed by atoms with Crippen LogP contribution in [0.15, 0.2) is 146 Å². The molecule has 6 aromatic carbocycles. The number of benzene rings is 6. The van der Waals surface area contributed by atoms with Crippen molar-refractivity contribution in [1.29, 1.82) is 0 Å². The molecule has 0 saturated heterocycles. The molecule has 39 heavy (non-hydrogen) atoms. The van der Waals surface area contributed by atoms with E-state index < -0.39 is 0 Å². The van der Waals surface area contributed by atoms with Crippen molar-refractivity contribution in [3.05, 3.63) is 146 Å². The molecule has 0 bridgehead atoms. The van der Waals surface area contributed by atoms with Gasteiger partial charge in [-0.2, -0.15) is 0 Å². The smallest absolute Gasteiger partial charge is 0.123 e. The van der Waals surface area contributed by atoms with Crippen molar-refractivity contribution in [2.75, 3.05) is 10.2 Å². The van der Waals surface area contributed by atoms with Crippen LogP contribution in [0, 0.1) is 0 Å². The van der Waals surface area contributed by atoms with Crippen molar-refractivity contribution in [3.63, 3.8) is 0 Å². The molecule has 2 nitrogen and oxygen atoms in total. The molecule has 2 heterocycles. The van der Waals surface area contributed by atoms with E-state index in [1.165, 1.54) is 66.3 Å². The van der Waals surface area contributed by atoms with E-state index in [4.69, 9.17) is 0 Å². The van der Waals surface area contributed by atoms with Gasteiger partial charge in [0.1, 0.15) is 6.17 Å². The molecule has 1 atom stereocenters. The van der Waals surface area contributed by atoms with Crippen LogP contribution in [0.3, 0.4) is 0 Å². The molecule has 2 aliphatic rings. The molecule has 1 unspecified atom stereocenters. The van der Waals surface area contributed by atoms with E-state index >= 15 is 0 Å². The van der Waals surface area contributed by atoms with Gasteiger partial charge in [0, 0.05) is 6.20 Å². The third-order valence-electron chi connectivity index (χ3n) is 8.03. The highest BCUT2D eigenvalue weighted by atomic mass is 15.3. The minimum absolute atomic E-state index is 0.197. The Kier molecular flexibility index (Phi) is 4.92. The number of allylic oxidation sites excluding steroid dienone is 2. The Hall–Kier alpha value is -5.08. The zero-order valence-corrected chi connectivity index (χ0v) is 21.4. The van der Waals surface area contributed by atoms with E-state index in [2.05, 4.69) is 156 Å². The molecule has 2 heteroatoms. The second-order valence-corrected chi connectivity index (χ2v) is 10.2. The van der Waals surface area contributed by atoms with Gasteiger partial charge in [-0.25, -0.2) is 0 Å². The first-order valence-electron chi connectivity index (χ1n) is 13.5. The van der Waals surface area contributed by atoms with Gasteiger partial charge in [-0.3, -0.25) is 0 Å². The zero-order chi connectivity index (χ0) is 25.8. The first kappa shape index (κ1) is 22.0. The minimum atomic E-state index is 0.197. The highest BCUT2D eigenvalue weighted by Gasteiger charge is 2.26. The monoisotopic (exact) mass is 498 g/mol. The number of fused-ring (bicyclic) bond motifs is 5. The third-order valence-corrected chi connectivity index (χ3v) is 8.03. The van der Waals surface area contributed by atoms with E-state index in [9.17, 15) is 0 Å². The van der Waals surface area contributed by atoms with Crippen LogP contribution in [0.5, 0.6) is 0 Å². The van der Waals surface area contributed by atoms with E-state index in [-0.39, 0.29) is 6.17 Å². The standard InChI is InChI=1S/C37H26N2/c1-2-10-26(11-3-1)36-29-12-4-6-14-31(29)37(32-15-7-5-13-30(32)36)27-19-17-25(18-20-27)28-21-22-33-34(24-28)39-23-9-8-16-35(39)38-33/h1-24,35,38H. The number of hydrogen-bond donors (Lipinski definition) is 1. The quantitative estimate of drug-likeness (QED) is 0.244. The average Bonchev–Trinajstić information content (AvgIpc) is 3.38. The van der Waals surface area contributed by atoms with Crippen molar-refractivity contribution in [2.24, 2.45) is 0 Å². The molecule has 0 aliphatic carbocycles. The Morgan fingerprint density at radius 1 is 0.487 bits per heavy atom. The Morgan fingerprint density at radius 3 is 1.67 bits per heavy atom. The van der Waals surface area contributed by atoms with E-state index in [0.717, 1.165) is 0 Å². The summed E-state index contributed by atoms with van der Waals surface area (Å²) >= 11 is 0. The van der Waals surface area contributed by atoms with Gasteiger partial charge >= 0.3 is 0 Å². The second kappa shape index (κ2) is 8.75. The van der Waals surface area contributed by atoms with E-state index in [1.807, 2.05) is 0 Å². The third kappa shape index (κ3) is 3.49. The van der Waals surface area contributed by atoms with Crippen LogP contribution in [0.1, 0.15) is 0 Å². The lowest BCUT2D eigenvalue weighted by Crippen LogP contribution is -2.30. The maximum atomic E-state index is 3.58. The number of nitrogens with zero attached hydrogens (tertiary/aromatic N) is 1. The predicted octanol–water partition coefficient (Wildman–Crippen LogP) is 9.64. The van der Waals surface area contributed by atoms with Crippen LogP contribution in [-0.2, 0) is 0 Å². The lowest BCUT2D eigenvalue weighted by atomic mass is 9.86. The molecular weight excluding hydrogens is 472 g/mol. The summed E-state index contributed by atoms with van der Waals surface area (Å²) < 4.78 is 0. The fourth-order valence-corrected chi connectivity index (χ4v) is 6.24. The molecule has 1 N–H and O–H groups in total. The Labute approximate surface area is 228 Å². The molecule has 0 spiro atoms. The van der Waals surface area contributed by atoms with Crippen LogP contribution in [0.25, 0.3) is 54.9 Å². The normalized spacial score (nSPS) is 15.4. The highest BCUT2D eigenvalue weighted by Crippen LogP contribution is 2.44. The molecule has 0 radical (unpaired) electrons. The summed E-state index contributed by atoms with van der Waals surface area (Å²) in [6.07, 6.45) is 8.71. The second-order valence-electron chi connectivity index (χ2n) is 10.2. The maximum Gasteiger partial charge on any atom is 0.123 e. The van der Waals surface area contributed by atoms with Gasteiger partial charge in [0.2, 0.25) is 0 Å². The summed E-state index contributed by atoms with van der Waals surface area (Å²) in [6.45, 7) is 0. The van der Waals surface area contributed by atoms with Crippen molar-refractivity contribution >= 4 is 32.9 Å². The van der Waals surface area contributed by atoms with Crippen molar-refractivity contribution in [3.8, 4) is 33.4 Å². The molecule has 8 rings (SSSR count). The van der Waals surface area contributed by atoms with Crippen LogP contribution in [0.4, 0.5) is 11.4 Å². The SMILES string of the molecule is C1=CC2Nc3ccc(-c4ccc(-c5c6ccccc6c(-c6ccccc6)c6ccccc56)cc4)cc3N2C=C1. The summed E-state index contributed by atoms with van der Waals surface area (Å²) in [6, 6.07) is 44.2. The summed E-state index contributed by atoms with van der Waals surface area (Å²) in [5.74, 6) is 0. The van der Waals surface area contributed by atoms with Crippen LogP contribution in [-0.4, -0.2) is 6.17 Å². The van der Waals surface area contributed by atoms with Gasteiger partial charge in [-0.15, -0.1) is 0 Å². The molecule has 6 aromatic rings. The van der Waals surface area contributed by atoms with Crippen molar-refractivity contribution in [1.82, 2.24) is 0 Å². The summed E-state index contributed by atoms with van der Waals surface area (Å²) in [5.41, 5.74) is 9.91. The van der Waals surface area contributed by atoms with Gasteiger partial charge < -0.3 is 10.2 Å². The summed E-state index contributed by atoms with van der Waals surface area (Å²) in [5, 5.41) is 8.71. The largest absolute Gasteiger partial charge is 0.360 e. The first-order valence-corrected chi connectivity index (χ1v) is 13.5. The fraction of sp³-hybridized carbons (Fsp3) is 0.0270. The minimum Gasteiger partial charge on any atom is -0.360 e. The molecular formula is C37H26N2. The van der Waals surface area contributed by atoms with Crippen LogP contribution in [0.2, 0.25) is 0 Å². The number of hydrogen-bond acceptors (Lipinski definition) is 2. The number of nitrogens with one attached hydrogen (secondary N) is 1. The average molecular weight is 499 g/mol. The Morgan fingerprint density at radius 2 is 1.03 bits per heavy atom. The lowest BCUT2D eigenvalue weighted by Gasteiger charge is -2.22. The first-order chi connectivity index (χ1) is 19.3. The Balaban J connectivity index is 1.27. The molecule has 0 aromatic heterocycles. The summed E-state index contributed by atoms with van der Waals surface area (Å²) in [7, 11) is 0. The van der Waals surface area contributed by atoms with E-state index in [1.54, 1.807) is 0 Å². The predicted molar refractivity (Wildman–Crippen MR) is 166 cm³/mol.